The summed E-state index contributed by atoms with van der Waals surface area (Å²) in [5, 5.41) is 9.22. The Labute approximate surface area is 145 Å². The molecule has 6 heteroatoms. The molecule has 0 fully saturated rings. The van der Waals surface area contributed by atoms with Gasteiger partial charge in [-0.2, -0.15) is 5.26 Å². The lowest BCUT2D eigenvalue weighted by Crippen LogP contribution is -2.07. The average Bonchev–Trinajstić information content (AvgIpc) is 2.63. The Bertz CT molecular complexity index is 888. The quantitative estimate of drug-likeness (QED) is 0.716. The highest BCUT2D eigenvalue weighted by Crippen LogP contribution is 2.20. The van der Waals surface area contributed by atoms with Crippen LogP contribution in [0.25, 0.3) is 0 Å². The van der Waals surface area contributed by atoms with E-state index < -0.39 is 0 Å². The minimum atomic E-state index is -0.259. The van der Waals surface area contributed by atoms with Crippen LogP contribution in [0.1, 0.15) is 41.3 Å². The number of halogens is 1. The largest absolute Gasteiger partial charge is 0.261 e. The van der Waals surface area contributed by atoms with Crippen LogP contribution in [0.4, 0.5) is 4.39 Å². The third-order valence-corrected chi connectivity index (χ3v) is 3.85. The molecule has 2 aromatic heterocycles. The smallest absolute Gasteiger partial charge is 0.144 e. The van der Waals surface area contributed by atoms with Crippen LogP contribution in [-0.4, -0.2) is 19.9 Å². The van der Waals surface area contributed by atoms with Crippen LogP contribution in [0.3, 0.4) is 0 Å². The van der Waals surface area contributed by atoms with Crippen molar-refractivity contribution in [1.82, 2.24) is 19.9 Å². The highest BCUT2D eigenvalue weighted by Gasteiger charge is 2.12. The van der Waals surface area contributed by atoms with Crippen LogP contribution < -0.4 is 0 Å². The molecule has 5 nitrogen and oxygen atoms in total. The summed E-state index contributed by atoms with van der Waals surface area (Å²) in [6.07, 6.45) is 5.96. The van der Waals surface area contributed by atoms with Gasteiger partial charge in [0.1, 0.15) is 23.4 Å². The molecule has 0 aliphatic heterocycles. The standard InChI is InChI=1S/C19H16FN5/c1-13(14-2-4-15(20)5-3-14)8-19-24-16(9-17(11-21)25-19)10-18-12-22-6-7-23-18/h2-7,9,12-13H,8,10H2,1H3/t13-/m1/s1. The van der Waals surface area contributed by atoms with Gasteiger partial charge >= 0.3 is 0 Å². The zero-order chi connectivity index (χ0) is 17.6. The lowest BCUT2D eigenvalue weighted by molar-refractivity contribution is 0.624. The van der Waals surface area contributed by atoms with E-state index in [9.17, 15) is 9.65 Å². The summed E-state index contributed by atoms with van der Waals surface area (Å²) in [6, 6.07) is 10.1. The van der Waals surface area contributed by atoms with E-state index in [1.807, 2.05) is 6.92 Å². The van der Waals surface area contributed by atoms with Crippen molar-refractivity contribution in [3.05, 3.63) is 83.2 Å². The second-order valence-electron chi connectivity index (χ2n) is 5.80. The number of hydrogen-bond donors (Lipinski definition) is 0. The second kappa shape index (κ2) is 7.58. The van der Waals surface area contributed by atoms with E-state index >= 15 is 0 Å². The third-order valence-electron chi connectivity index (χ3n) is 3.85. The van der Waals surface area contributed by atoms with Crippen LogP contribution >= 0.6 is 0 Å². The molecule has 124 valence electrons. The van der Waals surface area contributed by atoms with Gasteiger partial charge in [0.2, 0.25) is 0 Å². The first-order valence-corrected chi connectivity index (χ1v) is 7.91. The van der Waals surface area contributed by atoms with Crippen molar-refractivity contribution >= 4 is 0 Å². The lowest BCUT2D eigenvalue weighted by atomic mass is 9.97. The van der Waals surface area contributed by atoms with Gasteiger partial charge in [0.25, 0.3) is 0 Å². The van der Waals surface area contributed by atoms with Crippen molar-refractivity contribution in [3.8, 4) is 6.07 Å². The molecule has 0 amide bonds. The predicted molar refractivity (Wildman–Crippen MR) is 90.1 cm³/mol. The zero-order valence-electron chi connectivity index (χ0n) is 13.7. The number of rotatable bonds is 5. The number of hydrogen-bond acceptors (Lipinski definition) is 5. The molecule has 0 bridgehead atoms. The molecular weight excluding hydrogens is 317 g/mol. The Kier molecular flexibility index (Phi) is 5.05. The van der Waals surface area contributed by atoms with Gasteiger partial charge in [-0.3, -0.25) is 9.97 Å². The normalized spacial score (nSPS) is 11.7. The molecule has 3 aromatic rings. The van der Waals surface area contributed by atoms with Gasteiger partial charge in [0.05, 0.1) is 11.4 Å². The predicted octanol–water partition coefficient (Wildman–Crippen LogP) is 3.21. The molecule has 1 aromatic carbocycles. The topological polar surface area (TPSA) is 75.3 Å². The van der Waals surface area contributed by atoms with Gasteiger partial charge < -0.3 is 0 Å². The average molecular weight is 333 g/mol. The maximum Gasteiger partial charge on any atom is 0.144 e. The van der Waals surface area contributed by atoms with Crippen molar-refractivity contribution in [1.29, 1.82) is 5.26 Å². The van der Waals surface area contributed by atoms with E-state index in [0.29, 0.717) is 24.4 Å². The van der Waals surface area contributed by atoms with Crippen LogP contribution in [0.15, 0.2) is 48.9 Å². The van der Waals surface area contributed by atoms with E-state index in [1.54, 1.807) is 36.8 Å². The summed E-state index contributed by atoms with van der Waals surface area (Å²) >= 11 is 0. The molecule has 0 aliphatic carbocycles. The van der Waals surface area contributed by atoms with Crippen molar-refractivity contribution in [2.75, 3.05) is 0 Å². The first-order valence-electron chi connectivity index (χ1n) is 7.91. The van der Waals surface area contributed by atoms with Crippen molar-refractivity contribution in [3.63, 3.8) is 0 Å². The fourth-order valence-corrected chi connectivity index (χ4v) is 2.58. The summed E-state index contributed by atoms with van der Waals surface area (Å²) in [5.74, 6) is 0.443. The van der Waals surface area contributed by atoms with E-state index in [2.05, 4.69) is 26.0 Å². The monoisotopic (exact) mass is 333 g/mol. The van der Waals surface area contributed by atoms with E-state index in [1.165, 1.54) is 12.1 Å². The first kappa shape index (κ1) is 16.7. The van der Waals surface area contributed by atoms with Crippen LogP contribution in [0, 0.1) is 17.1 Å². The highest BCUT2D eigenvalue weighted by molar-refractivity contribution is 5.26. The van der Waals surface area contributed by atoms with Gasteiger partial charge in [-0.05, 0) is 29.7 Å². The van der Waals surface area contributed by atoms with Crippen LogP contribution in [-0.2, 0) is 12.8 Å². The molecule has 1 atom stereocenters. The van der Waals surface area contributed by atoms with Crippen molar-refractivity contribution < 1.29 is 4.39 Å². The molecule has 0 saturated carbocycles. The summed E-state index contributed by atoms with van der Waals surface area (Å²) < 4.78 is 13.1. The minimum absolute atomic E-state index is 0.110. The molecule has 0 saturated heterocycles. The molecule has 0 spiro atoms. The first-order chi connectivity index (χ1) is 12.1. The van der Waals surface area contributed by atoms with Crippen molar-refractivity contribution in [2.24, 2.45) is 0 Å². The van der Waals surface area contributed by atoms with Gasteiger partial charge in [-0.15, -0.1) is 0 Å². The maximum atomic E-state index is 13.1. The number of benzene rings is 1. The maximum absolute atomic E-state index is 13.1. The lowest BCUT2D eigenvalue weighted by Gasteiger charge is -2.12. The Balaban J connectivity index is 1.82. The molecule has 2 heterocycles. The highest BCUT2D eigenvalue weighted by atomic mass is 19.1. The Morgan fingerprint density at radius 3 is 2.60 bits per heavy atom. The molecule has 0 aliphatic rings. The fourth-order valence-electron chi connectivity index (χ4n) is 2.58. The summed E-state index contributed by atoms with van der Waals surface area (Å²) in [7, 11) is 0. The van der Waals surface area contributed by atoms with Crippen LogP contribution in [0.5, 0.6) is 0 Å². The minimum Gasteiger partial charge on any atom is -0.261 e. The summed E-state index contributed by atoms with van der Waals surface area (Å²) in [5.41, 5.74) is 2.84. The van der Waals surface area contributed by atoms with Gasteiger partial charge in [-0.1, -0.05) is 19.1 Å². The molecular formula is C19H16FN5. The van der Waals surface area contributed by atoms with E-state index in [4.69, 9.17) is 0 Å². The second-order valence-corrected chi connectivity index (χ2v) is 5.80. The van der Waals surface area contributed by atoms with Crippen molar-refractivity contribution in [2.45, 2.75) is 25.7 Å². The van der Waals surface area contributed by atoms with Gasteiger partial charge in [0, 0.05) is 31.4 Å². The Hall–Kier alpha value is -3.20. The number of nitrogens with zero attached hydrogens (tertiary/aromatic N) is 5. The molecule has 0 unspecified atom stereocenters. The zero-order valence-corrected chi connectivity index (χ0v) is 13.7. The number of aromatic nitrogens is 4. The SMILES string of the molecule is C[C@H](Cc1nc(C#N)cc(Cc2cnccn2)n1)c1ccc(F)cc1. The molecule has 25 heavy (non-hydrogen) atoms. The van der Waals surface area contributed by atoms with E-state index in [0.717, 1.165) is 17.0 Å². The summed E-state index contributed by atoms with van der Waals surface area (Å²) in [4.78, 5) is 17.1. The third kappa shape index (κ3) is 4.42. The van der Waals surface area contributed by atoms with Crippen LogP contribution in [0.2, 0.25) is 0 Å². The van der Waals surface area contributed by atoms with Gasteiger partial charge in [0.15, 0.2) is 0 Å². The molecule has 0 N–H and O–H groups in total. The Morgan fingerprint density at radius 2 is 1.92 bits per heavy atom. The van der Waals surface area contributed by atoms with Gasteiger partial charge in [-0.25, -0.2) is 14.4 Å². The molecule has 3 rings (SSSR count). The summed E-state index contributed by atoms with van der Waals surface area (Å²) in [6.45, 7) is 2.03. The van der Waals surface area contributed by atoms with E-state index in [-0.39, 0.29) is 11.7 Å². The molecule has 0 radical (unpaired) electrons. The number of nitriles is 1. The Morgan fingerprint density at radius 1 is 1.12 bits per heavy atom. The fraction of sp³-hybridized carbons (Fsp3) is 0.211.